The maximum Gasteiger partial charge on any atom is 0.0740 e. The van der Waals surface area contributed by atoms with E-state index in [-0.39, 0.29) is 5.41 Å². The molecule has 0 spiro atoms. The van der Waals surface area contributed by atoms with Gasteiger partial charge in [0.05, 0.1) is 11.4 Å². The van der Waals surface area contributed by atoms with Gasteiger partial charge in [-0.1, -0.05) is 100 Å². The summed E-state index contributed by atoms with van der Waals surface area (Å²) in [4.78, 5) is 5.01. The summed E-state index contributed by atoms with van der Waals surface area (Å²) in [5.74, 6) is 0. The first-order valence-corrected chi connectivity index (χ1v) is 9.36. The van der Waals surface area contributed by atoms with E-state index < -0.39 is 0 Å². The largest absolute Gasteiger partial charge is 0.248 e. The van der Waals surface area contributed by atoms with Crippen LogP contribution in [-0.2, 0) is 0 Å². The third-order valence-electron chi connectivity index (χ3n) is 4.80. The monoisotopic (exact) mass is 353 g/mol. The summed E-state index contributed by atoms with van der Waals surface area (Å²) in [5.41, 5.74) is 7.61. The summed E-state index contributed by atoms with van der Waals surface area (Å²) in [6.07, 6.45) is 0. The average Bonchev–Trinajstić information content (AvgIpc) is 2.67. The van der Waals surface area contributed by atoms with Crippen molar-refractivity contribution in [2.24, 2.45) is 10.4 Å². The molecule has 0 saturated heterocycles. The Labute approximate surface area is 163 Å². The molecule has 0 aromatic heterocycles. The molecule has 0 bridgehead atoms. The van der Waals surface area contributed by atoms with Gasteiger partial charge in [-0.05, 0) is 40.7 Å². The number of rotatable bonds is 4. The number of hydrogen-bond acceptors (Lipinski definition) is 1. The Morgan fingerprint density at radius 3 is 1.89 bits per heavy atom. The molecule has 27 heavy (non-hydrogen) atoms. The van der Waals surface area contributed by atoms with Crippen LogP contribution in [0.3, 0.4) is 0 Å². The number of hydrogen-bond donors (Lipinski definition) is 0. The maximum absolute atomic E-state index is 5.01. The van der Waals surface area contributed by atoms with E-state index in [4.69, 9.17) is 4.99 Å². The summed E-state index contributed by atoms with van der Waals surface area (Å²) in [5, 5.41) is 0. The second-order valence-corrected chi connectivity index (χ2v) is 7.92. The van der Waals surface area contributed by atoms with E-state index in [1.165, 1.54) is 11.1 Å². The molecule has 0 atom stereocenters. The minimum atomic E-state index is -0.0559. The van der Waals surface area contributed by atoms with Crippen LogP contribution < -0.4 is 0 Å². The highest BCUT2D eigenvalue weighted by molar-refractivity contribution is 6.14. The first-order chi connectivity index (χ1) is 12.9. The summed E-state index contributed by atoms with van der Waals surface area (Å²) < 4.78 is 0. The highest BCUT2D eigenvalue weighted by atomic mass is 14.8. The molecule has 1 nitrogen and oxygen atoms in total. The first-order valence-electron chi connectivity index (χ1n) is 9.36. The zero-order valence-electron chi connectivity index (χ0n) is 16.7. The van der Waals surface area contributed by atoms with Gasteiger partial charge in [0.1, 0.15) is 0 Å². The molecule has 136 valence electrons. The van der Waals surface area contributed by atoms with Gasteiger partial charge >= 0.3 is 0 Å². The molecule has 3 aromatic rings. The Morgan fingerprint density at radius 2 is 1.30 bits per heavy atom. The van der Waals surface area contributed by atoms with Crippen molar-refractivity contribution in [1.82, 2.24) is 0 Å². The molecule has 0 fully saturated rings. The second-order valence-electron chi connectivity index (χ2n) is 7.92. The van der Waals surface area contributed by atoms with E-state index in [0.29, 0.717) is 0 Å². The van der Waals surface area contributed by atoms with Crippen molar-refractivity contribution in [2.45, 2.75) is 27.7 Å². The molecule has 0 aliphatic heterocycles. The van der Waals surface area contributed by atoms with Gasteiger partial charge in [0, 0.05) is 5.56 Å². The Hall–Kier alpha value is -2.93. The fourth-order valence-corrected chi connectivity index (χ4v) is 2.92. The molecule has 0 unspecified atom stereocenters. The van der Waals surface area contributed by atoms with Crippen LogP contribution in [0.4, 0.5) is 5.69 Å². The maximum atomic E-state index is 5.01. The average molecular weight is 354 g/mol. The Morgan fingerprint density at radius 1 is 0.741 bits per heavy atom. The minimum Gasteiger partial charge on any atom is -0.248 e. The number of nitrogens with zero attached hydrogens (tertiary/aromatic N) is 1. The molecule has 1 heteroatoms. The van der Waals surface area contributed by atoms with E-state index >= 15 is 0 Å². The van der Waals surface area contributed by atoms with Crippen molar-refractivity contribution in [1.29, 1.82) is 0 Å². The minimum absolute atomic E-state index is 0.0559. The third kappa shape index (κ3) is 4.43. The van der Waals surface area contributed by atoms with Gasteiger partial charge < -0.3 is 0 Å². The fourth-order valence-electron chi connectivity index (χ4n) is 2.92. The van der Waals surface area contributed by atoms with Crippen LogP contribution in [0.1, 0.15) is 31.9 Å². The lowest BCUT2D eigenvalue weighted by molar-refractivity contribution is 0.526. The summed E-state index contributed by atoms with van der Waals surface area (Å²) in [7, 11) is 0. The zero-order chi connectivity index (χ0) is 19.4. The summed E-state index contributed by atoms with van der Waals surface area (Å²) >= 11 is 0. The van der Waals surface area contributed by atoms with Gasteiger partial charge in [-0.2, -0.15) is 0 Å². The van der Waals surface area contributed by atoms with Crippen molar-refractivity contribution in [3.05, 3.63) is 102 Å². The van der Waals surface area contributed by atoms with Crippen LogP contribution in [0.15, 0.2) is 96.0 Å². The number of aliphatic imine (C=N–C) groups is 1. The number of para-hydroxylation sites is 1. The summed E-state index contributed by atoms with van der Waals surface area (Å²) in [6.45, 7) is 13.0. The standard InChI is InChI=1S/C26H27N/c1-19-11-9-10-14-24(19)27-25(20(2)26(3,4)5)23-17-15-22(16-18-23)21-12-7-6-8-13-21/h6-18H,2H2,1,3-5H3. The van der Waals surface area contributed by atoms with Crippen LogP contribution in [0, 0.1) is 12.3 Å². The van der Waals surface area contributed by atoms with Gasteiger partial charge in [-0.25, -0.2) is 4.99 Å². The van der Waals surface area contributed by atoms with Crippen molar-refractivity contribution in [3.8, 4) is 11.1 Å². The highest BCUT2D eigenvalue weighted by Gasteiger charge is 2.21. The lowest BCUT2D eigenvalue weighted by atomic mass is 9.82. The topological polar surface area (TPSA) is 12.4 Å². The van der Waals surface area contributed by atoms with Gasteiger partial charge in [-0.15, -0.1) is 0 Å². The molecule has 3 aromatic carbocycles. The van der Waals surface area contributed by atoms with E-state index in [9.17, 15) is 0 Å². The van der Waals surface area contributed by atoms with Crippen LogP contribution in [0.2, 0.25) is 0 Å². The van der Waals surface area contributed by atoms with E-state index in [2.05, 4.69) is 94.9 Å². The lowest BCUT2D eigenvalue weighted by Crippen LogP contribution is -2.18. The second kappa shape index (κ2) is 7.75. The first kappa shape index (κ1) is 18.8. The molecule has 0 aliphatic carbocycles. The van der Waals surface area contributed by atoms with E-state index in [1.54, 1.807) is 0 Å². The van der Waals surface area contributed by atoms with Crippen molar-refractivity contribution in [3.63, 3.8) is 0 Å². The van der Waals surface area contributed by atoms with Crippen LogP contribution in [-0.4, -0.2) is 5.71 Å². The van der Waals surface area contributed by atoms with Crippen molar-refractivity contribution in [2.75, 3.05) is 0 Å². The van der Waals surface area contributed by atoms with Gasteiger partial charge in [0.25, 0.3) is 0 Å². The highest BCUT2D eigenvalue weighted by Crippen LogP contribution is 2.31. The fraction of sp³-hybridized carbons (Fsp3) is 0.192. The molecule has 0 N–H and O–H groups in total. The van der Waals surface area contributed by atoms with Crippen molar-refractivity contribution < 1.29 is 0 Å². The molecule has 3 rings (SSSR count). The SMILES string of the molecule is C=C(C(=Nc1ccccc1C)c1ccc(-c2ccccc2)cc1)C(C)(C)C. The Bertz CT molecular complexity index is 955. The molecule has 0 aliphatic rings. The van der Waals surface area contributed by atoms with Crippen LogP contribution in [0.5, 0.6) is 0 Å². The smallest absolute Gasteiger partial charge is 0.0740 e. The normalized spacial score (nSPS) is 12.1. The molecule has 0 amide bonds. The van der Waals surface area contributed by atoms with Gasteiger partial charge in [0.15, 0.2) is 0 Å². The van der Waals surface area contributed by atoms with Gasteiger partial charge in [0.2, 0.25) is 0 Å². The molecular formula is C26H27N. The Kier molecular flexibility index (Phi) is 5.41. The molecule has 0 radical (unpaired) electrons. The van der Waals surface area contributed by atoms with Crippen LogP contribution in [0.25, 0.3) is 11.1 Å². The number of benzene rings is 3. The number of aryl methyl sites for hydroxylation is 1. The van der Waals surface area contributed by atoms with Crippen LogP contribution >= 0.6 is 0 Å². The van der Waals surface area contributed by atoms with Gasteiger partial charge in [-0.3, -0.25) is 0 Å². The quantitative estimate of drug-likeness (QED) is 0.434. The predicted molar refractivity (Wildman–Crippen MR) is 118 cm³/mol. The van der Waals surface area contributed by atoms with E-state index in [1.807, 2.05) is 18.2 Å². The summed E-state index contributed by atoms with van der Waals surface area (Å²) in [6, 6.07) is 27.3. The zero-order valence-corrected chi connectivity index (χ0v) is 16.7. The predicted octanol–water partition coefficient (Wildman–Crippen LogP) is 7.39. The molecular weight excluding hydrogens is 326 g/mol. The third-order valence-corrected chi connectivity index (χ3v) is 4.80. The Balaban J connectivity index is 2.06. The molecule has 0 saturated carbocycles. The van der Waals surface area contributed by atoms with Crippen molar-refractivity contribution >= 4 is 11.4 Å². The van der Waals surface area contributed by atoms with E-state index in [0.717, 1.165) is 28.1 Å². The lowest BCUT2D eigenvalue weighted by Gasteiger charge is -2.24. The number of allylic oxidation sites excluding steroid dienone is 1. The molecule has 0 heterocycles.